The number of nitrogens with one attached hydrogen (secondary N) is 2. The van der Waals surface area contributed by atoms with Crippen LogP contribution in [0, 0.1) is 17.2 Å². The summed E-state index contributed by atoms with van der Waals surface area (Å²) in [6.45, 7) is 2.32. The Hall–Kier alpha value is -1.22. The van der Waals surface area contributed by atoms with Crippen LogP contribution in [0.5, 0.6) is 0 Å². The van der Waals surface area contributed by atoms with E-state index in [1.807, 2.05) is 13.2 Å². The van der Waals surface area contributed by atoms with Crippen LogP contribution in [0.3, 0.4) is 0 Å². The number of carbonyl (C=O) groups excluding carboxylic acids is 2. The molecule has 1 atom stereocenters. The molecule has 6 heteroatoms. The molecule has 0 rings (SSSR count). The normalized spacial score (nSPS) is 11.3. The summed E-state index contributed by atoms with van der Waals surface area (Å²) < 4.78 is 0. The zero-order valence-corrected chi connectivity index (χ0v) is 9.69. The van der Waals surface area contributed by atoms with E-state index in [-0.39, 0.29) is 6.54 Å². The molecule has 2 amide bonds. The summed E-state index contributed by atoms with van der Waals surface area (Å²) in [5.74, 6) is -0.182. The number of carbonyl (C=O) groups is 2. The summed E-state index contributed by atoms with van der Waals surface area (Å²) in [5, 5.41) is 12.9. The maximum absolute atomic E-state index is 11.1. The van der Waals surface area contributed by atoms with E-state index in [1.54, 1.807) is 17.8 Å². The fourth-order valence-corrected chi connectivity index (χ4v) is 1.58. The molecular formula is C9H15N3O2S. The average molecular weight is 229 g/mol. The summed E-state index contributed by atoms with van der Waals surface area (Å²) in [5.41, 5.74) is 0. The van der Waals surface area contributed by atoms with Crippen LogP contribution in [0.15, 0.2) is 0 Å². The lowest BCUT2D eigenvalue weighted by atomic mass is 10.2. The Labute approximate surface area is 93.6 Å². The van der Waals surface area contributed by atoms with Gasteiger partial charge in [-0.2, -0.15) is 17.0 Å². The molecule has 84 valence electrons. The predicted octanol–water partition coefficient (Wildman–Crippen LogP) is -0.259. The number of hydrogen-bond acceptors (Lipinski definition) is 4. The van der Waals surface area contributed by atoms with Gasteiger partial charge in [0.05, 0.1) is 6.07 Å². The smallest absolute Gasteiger partial charge is 0.310 e. The van der Waals surface area contributed by atoms with Crippen molar-refractivity contribution >= 4 is 23.6 Å². The molecule has 0 aliphatic carbocycles. The molecule has 2 N–H and O–H groups in total. The van der Waals surface area contributed by atoms with E-state index < -0.39 is 11.8 Å². The highest BCUT2D eigenvalue weighted by Gasteiger charge is 2.12. The van der Waals surface area contributed by atoms with E-state index in [4.69, 9.17) is 5.26 Å². The molecule has 0 bridgehead atoms. The van der Waals surface area contributed by atoms with Crippen molar-refractivity contribution in [3.63, 3.8) is 0 Å². The van der Waals surface area contributed by atoms with Crippen molar-refractivity contribution in [1.29, 1.82) is 5.26 Å². The maximum Gasteiger partial charge on any atom is 0.310 e. The van der Waals surface area contributed by atoms with Crippen LogP contribution in [-0.4, -0.2) is 36.9 Å². The molecule has 0 heterocycles. The lowest BCUT2D eigenvalue weighted by molar-refractivity contribution is -0.139. The first-order valence-corrected chi connectivity index (χ1v) is 5.93. The standard InChI is InChI=1S/C9H15N3O2S/c1-7(6-15-2)5-12-9(14)8(13)11-4-3-10/h7H,4-6H2,1-2H3,(H,11,13)(H,12,14). The van der Waals surface area contributed by atoms with Crippen LogP contribution in [0.4, 0.5) is 0 Å². The minimum atomic E-state index is -0.757. The molecule has 0 saturated carbocycles. The first-order valence-electron chi connectivity index (χ1n) is 4.53. The molecule has 1 unspecified atom stereocenters. The highest BCUT2D eigenvalue weighted by atomic mass is 32.2. The van der Waals surface area contributed by atoms with E-state index in [0.29, 0.717) is 12.5 Å². The molecule has 15 heavy (non-hydrogen) atoms. The SMILES string of the molecule is CSCC(C)CNC(=O)C(=O)NCC#N. The van der Waals surface area contributed by atoms with E-state index in [1.165, 1.54) is 0 Å². The number of rotatable bonds is 5. The first-order chi connectivity index (χ1) is 7.11. The van der Waals surface area contributed by atoms with Crippen molar-refractivity contribution < 1.29 is 9.59 Å². The Bertz CT molecular complexity index is 263. The van der Waals surface area contributed by atoms with Gasteiger partial charge < -0.3 is 10.6 Å². The minimum Gasteiger partial charge on any atom is -0.348 e. The quantitative estimate of drug-likeness (QED) is 0.503. The van der Waals surface area contributed by atoms with Crippen molar-refractivity contribution in [2.24, 2.45) is 5.92 Å². The third-order valence-electron chi connectivity index (χ3n) is 1.60. The molecule has 0 spiro atoms. The van der Waals surface area contributed by atoms with Gasteiger partial charge in [0.1, 0.15) is 6.54 Å². The van der Waals surface area contributed by atoms with Gasteiger partial charge in [-0.3, -0.25) is 9.59 Å². The van der Waals surface area contributed by atoms with Crippen LogP contribution >= 0.6 is 11.8 Å². The van der Waals surface area contributed by atoms with Gasteiger partial charge in [-0.15, -0.1) is 0 Å². The van der Waals surface area contributed by atoms with Crippen molar-refractivity contribution in [2.45, 2.75) is 6.92 Å². The largest absolute Gasteiger partial charge is 0.348 e. The van der Waals surface area contributed by atoms with Crippen LogP contribution < -0.4 is 10.6 Å². The lowest BCUT2D eigenvalue weighted by Crippen LogP contribution is -2.41. The van der Waals surface area contributed by atoms with Crippen LogP contribution in [0.1, 0.15) is 6.92 Å². The van der Waals surface area contributed by atoms with Crippen LogP contribution in [0.25, 0.3) is 0 Å². The molecule has 5 nitrogen and oxygen atoms in total. The zero-order valence-electron chi connectivity index (χ0n) is 8.87. The van der Waals surface area contributed by atoms with Crippen molar-refractivity contribution in [3.05, 3.63) is 0 Å². The van der Waals surface area contributed by atoms with E-state index in [0.717, 1.165) is 5.75 Å². The Morgan fingerprint density at radius 2 is 2.00 bits per heavy atom. The Balaban J connectivity index is 3.74. The molecule has 0 aromatic heterocycles. The van der Waals surface area contributed by atoms with Gasteiger partial charge in [-0.1, -0.05) is 6.92 Å². The second kappa shape index (κ2) is 8.12. The highest BCUT2D eigenvalue weighted by Crippen LogP contribution is 2.02. The number of nitrogens with zero attached hydrogens (tertiary/aromatic N) is 1. The van der Waals surface area contributed by atoms with Gasteiger partial charge in [0.15, 0.2) is 0 Å². The van der Waals surface area contributed by atoms with Gasteiger partial charge in [-0.05, 0) is 17.9 Å². The number of hydrogen-bond donors (Lipinski definition) is 2. The Morgan fingerprint density at radius 3 is 2.53 bits per heavy atom. The molecular weight excluding hydrogens is 214 g/mol. The second-order valence-electron chi connectivity index (χ2n) is 3.11. The third kappa shape index (κ3) is 6.80. The van der Waals surface area contributed by atoms with Gasteiger partial charge >= 0.3 is 11.8 Å². The van der Waals surface area contributed by atoms with Gasteiger partial charge in [0.2, 0.25) is 0 Å². The number of nitriles is 1. The van der Waals surface area contributed by atoms with Crippen molar-refractivity contribution in [3.8, 4) is 6.07 Å². The molecule has 0 aliphatic rings. The topological polar surface area (TPSA) is 82.0 Å². The molecule has 0 aromatic carbocycles. The number of amides is 2. The fourth-order valence-electron chi connectivity index (χ4n) is 0.891. The van der Waals surface area contributed by atoms with Crippen LogP contribution in [-0.2, 0) is 9.59 Å². The van der Waals surface area contributed by atoms with Gasteiger partial charge in [-0.25, -0.2) is 0 Å². The summed E-state index contributed by atoms with van der Waals surface area (Å²) in [4.78, 5) is 22.1. The average Bonchev–Trinajstić information content (AvgIpc) is 2.22. The lowest BCUT2D eigenvalue weighted by Gasteiger charge is -2.10. The molecule has 0 aliphatic heterocycles. The minimum absolute atomic E-state index is 0.146. The summed E-state index contributed by atoms with van der Waals surface area (Å²) >= 11 is 1.69. The Kier molecular flexibility index (Phi) is 7.46. The van der Waals surface area contributed by atoms with Crippen molar-refractivity contribution in [1.82, 2.24) is 10.6 Å². The monoisotopic (exact) mass is 229 g/mol. The number of thioether (sulfide) groups is 1. The third-order valence-corrected chi connectivity index (χ3v) is 2.50. The summed E-state index contributed by atoms with van der Waals surface area (Å²) in [6.07, 6.45) is 1.98. The van der Waals surface area contributed by atoms with Crippen LogP contribution in [0.2, 0.25) is 0 Å². The van der Waals surface area contributed by atoms with E-state index in [9.17, 15) is 9.59 Å². The van der Waals surface area contributed by atoms with E-state index in [2.05, 4.69) is 10.6 Å². The van der Waals surface area contributed by atoms with Gasteiger partial charge in [0, 0.05) is 6.54 Å². The fraction of sp³-hybridized carbons (Fsp3) is 0.667. The highest BCUT2D eigenvalue weighted by molar-refractivity contribution is 7.98. The molecule has 0 radical (unpaired) electrons. The van der Waals surface area contributed by atoms with Crippen molar-refractivity contribution in [2.75, 3.05) is 25.1 Å². The van der Waals surface area contributed by atoms with Gasteiger partial charge in [0.25, 0.3) is 0 Å². The first kappa shape index (κ1) is 13.8. The summed E-state index contributed by atoms with van der Waals surface area (Å²) in [7, 11) is 0. The molecule has 0 fully saturated rings. The summed E-state index contributed by atoms with van der Waals surface area (Å²) in [6, 6.07) is 1.72. The maximum atomic E-state index is 11.1. The second-order valence-corrected chi connectivity index (χ2v) is 4.02. The molecule has 0 aromatic rings. The predicted molar refractivity (Wildman–Crippen MR) is 59.2 cm³/mol. The zero-order chi connectivity index (χ0) is 11.7. The Morgan fingerprint density at radius 1 is 1.40 bits per heavy atom. The molecule has 0 saturated heterocycles. The van der Waals surface area contributed by atoms with E-state index >= 15 is 0 Å².